The number of halogens is 9. The van der Waals surface area contributed by atoms with Crippen LogP contribution in [0.15, 0.2) is 42.9 Å². The maximum Gasteiger partial charge on any atom is 0.433 e. The zero-order chi connectivity index (χ0) is 25.5. The van der Waals surface area contributed by atoms with Crippen molar-refractivity contribution in [3.8, 4) is 11.4 Å². The number of benzene rings is 1. The van der Waals surface area contributed by atoms with E-state index in [9.17, 15) is 44.3 Å². The molecular formula is C19H10F9N5O. The third-order valence-electron chi connectivity index (χ3n) is 4.24. The van der Waals surface area contributed by atoms with Crippen molar-refractivity contribution < 1.29 is 44.3 Å². The van der Waals surface area contributed by atoms with E-state index in [0.717, 1.165) is 24.8 Å². The van der Waals surface area contributed by atoms with Gasteiger partial charge in [-0.25, -0.2) is 9.67 Å². The zero-order valence-corrected chi connectivity index (χ0v) is 16.3. The molecule has 0 saturated heterocycles. The fourth-order valence-electron chi connectivity index (χ4n) is 2.72. The predicted molar refractivity (Wildman–Crippen MR) is 98.1 cm³/mol. The quantitative estimate of drug-likeness (QED) is 0.413. The van der Waals surface area contributed by atoms with Gasteiger partial charge in [-0.1, -0.05) is 0 Å². The molecule has 2 heterocycles. The van der Waals surface area contributed by atoms with E-state index in [1.807, 2.05) is 0 Å². The first kappa shape index (κ1) is 24.7. The van der Waals surface area contributed by atoms with Crippen LogP contribution < -0.4 is 5.73 Å². The molecule has 0 spiro atoms. The van der Waals surface area contributed by atoms with Gasteiger partial charge in [-0.15, -0.1) is 5.10 Å². The molecule has 2 N–H and O–H groups in total. The van der Waals surface area contributed by atoms with Gasteiger partial charge in [0.25, 0.3) is 5.91 Å². The van der Waals surface area contributed by atoms with Gasteiger partial charge in [0.1, 0.15) is 12.0 Å². The first-order valence-corrected chi connectivity index (χ1v) is 8.82. The molecule has 0 atom stereocenters. The van der Waals surface area contributed by atoms with E-state index in [0.29, 0.717) is 22.9 Å². The fraction of sp³-hybridized carbons (Fsp3) is 0.158. The van der Waals surface area contributed by atoms with E-state index in [-0.39, 0.29) is 11.6 Å². The van der Waals surface area contributed by atoms with Gasteiger partial charge in [-0.3, -0.25) is 9.78 Å². The second kappa shape index (κ2) is 8.46. The van der Waals surface area contributed by atoms with Gasteiger partial charge < -0.3 is 5.73 Å². The summed E-state index contributed by atoms with van der Waals surface area (Å²) in [6.07, 6.45) is -12.6. The standard InChI is InChI=1S/C19H10F9N5O/c20-17(21,22)11-3-10(4-12(6-11)18(23,24)25)16-31-8-33(32-16)7-13(15(29)34)9-1-2-30-14(5-9)19(26,27)28/h1-8H,(H2,29,34)/b13-7+. The highest BCUT2D eigenvalue weighted by molar-refractivity contribution is 6.22. The number of carbonyl (C=O) groups excluding carboxylic acids is 1. The Labute approximate surface area is 183 Å². The van der Waals surface area contributed by atoms with Crippen molar-refractivity contribution in [1.29, 1.82) is 0 Å². The highest BCUT2D eigenvalue weighted by Crippen LogP contribution is 2.38. The minimum absolute atomic E-state index is 0.0761. The van der Waals surface area contributed by atoms with Crippen molar-refractivity contribution in [3.63, 3.8) is 0 Å². The highest BCUT2D eigenvalue weighted by Gasteiger charge is 2.37. The normalized spacial score (nSPS) is 13.3. The molecule has 1 amide bonds. The van der Waals surface area contributed by atoms with Gasteiger partial charge in [0.15, 0.2) is 5.82 Å². The molecule has 2 aromatic heterocycles. The fourth-order valence-corrected chi connectivity index (χ4v) is 2.72. The van der Waals surface area contributed by atoms with Crippen LogP contribution >= 0.6 is 0 Å². The van der Waals surface area contributed by atoms with Crippen LogP contribution in [0.5, 0.6) is 0 Å². The lowest BCUT2D eigenvalue weighted by atomic mass is 10.0. The third-order valence-corrected chi connectivity index (χ3v) is 4.24. The Kier molecular flexibility index (Phi) is 6.15. The van der Waals surface area contributed by atoms with Gasteiger partial charge in [0.05, 0.1) is 16.7 Å². The van der Waals surface area contributed by atoms with Crippen LogP contribution in [-0.2, 0) is 23.3 Å². The molecule has 0 saturated carbocycles. The number of nitrogens with zero attached hydrogens (tertiary/aromatic N) is 4. The van der Waals surface area contributed by atoms with Crippen molar-refractivity contribution in [2.75, 3.05) is 0 Å². The number of nitrogens with two attached hydrogens (primary N) is 1. The lowest BCUT2D eigenvalue weighted by molar-refractivity contribution is -0.143. The summed E-state index contributed by atoms with van der Waals surface area (Å²) in [7, 11) is 0. The van der Waals surface area contributed by atoms with Crippen molar-refractivity contribution in [2.45, 2.75) is 18.5 Å². The third kappa shape index (κ3) is 5.52. The van der Waals surface area contributed by atoms with Crippen LogP contribution in [-0.4, -0.2) is 25.7 Å². The minimum Gasteiger partial charge on any atom is -0.366 e. The Morgan fingerprint density at radius 3 is 1.94 bits per heavy atom. The number of alkyl halides is 9. The zero-order valence-electron chi connectivity index (χ0n) is 16.3. The molecule has 0 aliphatic rings. The number of aromatic nitrogens is 4. The molecule has 0 radical (unpaired) electrons. The Hall–Kier alpha value is -3.91. The van der Waals surface area contributed by atoms with Crippen molar-refractivity contribution in [2.24, 2.45) is 5.73 Å². The summed E-state index contributed by atoms with van der Waals surface area (Å²) in [4.78, 5) is 18.6. The number of amides is 1. The van der Waals surface area contributed by atoms with Gasteiger partial charge in [-0.2, -0.15) is 39.5 Å². The molecule has 180 valence electrons. The summed E-state index contributed by atoms with van der Waals surface area (Å²) < 4.78 is 118. The number of hydrogen-bond acceptors (Lipinski definition) is 4. The number of carbonyl (C=O) groups is 1. The maximum atomic E-state index is 13.1. The molecule has 3 rings (SSSR count). The molecule has 0 fully saturated rings. The summed E-state index contributed by atoms with van der Waals surface area (Å²) >= 11 is 0. The number of hydrogen-bond donors (Lipinski definition) is 1. The number of primary amides is 1. The lowest BCUT2D eigenvalue weighted by Crippen LogP contribution is -2.15. The number of pyridine rings is 1. The summed E-state index contributed by atoms with van der Waals surface area (Å²) in [6.45, 7) is 0. The molecular weight excluding hydrogens is 485 g/mol. The van der Waals surface area contributed by atoms with Crippen LogP contribution in [0.4, 0.5) is 39.5 Å². The summed E-state index contributed by atoms with van der Waals surface area (Å²) in [5.41, 5.74) is -0.787. The van der Waals surface area contributed by atoms with Crippen molar-refractivity contribution in [3.05, 3.63) is 65.2 Å². The van der Waals surface area contributed by atoms with E-state index in [1.165, 1.54) is 0 Å². The van der Waals surface area contributed by atoms with Crippen molar-refractivity contribution in [1.82, 2.24) is 19.7 Å². The van der Waals surface area contributed by atoms with E-state index in [2.05, 4.69) is 15.1 Å². The molecule has 34 heavy (non-hydrogen) atoms. The maximum absolute atomic E-state index is 13.1. The van der Waals surface area contributed by atoms with Gasteiger partial charge >= 0.3 is 18.5 Å². The van der Waals surface area contributed by atoms with E-state index in [1.54, 1.807) is 0 Å². The predicted octanol–water partition coefficient (Wildman–Crippen LogP) is 4.88. The Bertz CT molecular complexity index is 1220. The Morgan fingerprint density at radius 2 is 1.44 bits per heavy atom. The highest BCUT2D eigenvalue weighted by atomic mass is 19.4. The van der Waals surface area contributed by atoms with Crippen LogP contribution in [0.1, 0.15) is 22.4 Å². The van der Waals surface area contributed by atoms with Crippen molar-refractivity contribution >= 4 is 17.7 Å². The Morgan fingerprint density at radius 1 is 0.853 bits per heavy atom. The van der Waals surface area contributed by atoms with Crippen LogP contribution in [0, 0.1) is 0 Å². The van der Waals surface area contributed by atoms with Gasteiger partial charge in [0, 0.05) is 18.0 Å². The van der Waals surface area contributed by atoms with E-state index < -0.39 is 58.2 Å². The van der Waals surface area contributed by atoms with Gasteiger partial charge in [0.2, 0.25) is 0 Å². The van der Waals surface area contributed by atoms with Crippen LogP contribution in [0.2, 0.25) is 0 Å². The first-order valence-electron chi connectivity index (χ1n) is 8.82. The first-order chi connectivity index (χ1) is 15.6. The van der Waals surface area contributed by atoms with Crippen LogP contribution in [0.25, 0.3) is 23.2 Å². The second-order valence-corrected chi connectivity index (χ2v) is 6.68. The smallest absolute Gasteiger partial charge is 0.366 e. The topological polar surface area (TPSA) is 86.7 Å². The van der Waals surface area contributed by atoms with Crippen LogP contribution in [0.3, 0.4) is 0 Å². The summed E-state index contributed by atoms with van der Waals surface area (Å²) in [6, 6.07) is 2.27. The minimum atomic E-state index is -5.10. The average molecular weight is 495 g/mol. The average Bonchev–Trinajstić information content (AvgIpc) is 3.18. The number of rotatable bonds is 4. The molecule has 15 heteroatoms. The summed E-state index contributed by atoms with van der Waals surface area (Å²) in [5.74, 6) is -1.78. The monoisotopic (exact) mass is 495 g/mol. The molecule has 0 aliphatic carbocycles. The lowest BCUT2D eigenvalue weighted by Gasteiger charge is -2.13. The molecule has 6 nitrogen and oxygen atoms in total. The molecule has 0 aliphatic heterocycles. The second-order valence-electron chi connectivity index (χ2n) is 6.68. The molecule has 0 unspecified atom stereocenters. The largest absolute Gasteiger partial charge is 0.433 e. The van der Waals surface area contributed by atoms with E-state index >= 15 is 0 Å². The molecule has 0 bridgehead atoms. The SMILES string of the molecule is NC(=O)/C(=C/n1cnc(-c2cc(C(F)(F)F)cc(C(F)(F)F)c2)n1)c1ccnc(C(F)(F)F)c1. The molecule has 3 aromatic rings. The summed E-state index contributed by atoms with van der Waals surface area (Å²) in [5, 5.41) is 3.69. The Balaban J connectivity index is 2.07. The van der Waals surface area contributed by atoms with Gasteiger partial charge in [-0.05, 0) is 35.9 Å². The molecule has 1 aromatic carbocycles. The van der Waals surface area contributed by atoms with E-state index in [4.69, 9.17) is 5.73 Å².